The predicted octanol–water partition coefficient (Wildman–Crippen LogP) is 24.6. The summed E-state index contributed by atoms with van der Waals surface area (Å²) in [6.07, 6.45) is 17.8. The topological polar surface area (TPSA) is 51.6 Å². The maximum atomic E-state index is 5.63. The van der Waals surface area contributed by atoms with E-state index in [1.807, 2.05) is 0 Å². The summed E-state index contributed by atoms with van der Waals surface area (Å²) in [6, 6.07) is 85.4. The molecule has 0 aliphatic heterocycles. The van der Waals surface area contributed by atoms with Gasteiger partial charge in [0.15, 0.2) is 11.6 Å². The second kappa shape index (κ2) is 25.0. The van der Waals surface area contributed by atoms with Crippen LogP contribution in [-0.2, 0) is 5.41 Å². The third-order valence-corrected chi connectivity index (χ3v) is 20.0. The van der Waals surface area contributed by atoms with E-state index in [1.54, 1.807) is 0 Å². The van der Waals surface area contributed by atoms with Crippen molar-refractivity contribution in [2.45, 2.75) is 123 Å². The van der Waals surface area contributed by atoms with Crippen molar-refractivity contribution in [3.05, 3.63) is 253 Å². The number of unbranched alkanes of at least 4 members (excludes halogenated alkanes) is 10. The first-order valence-electron chi connectivity index (χ1n) is 33.7. The quantitative estimate of drug-likeness (QED) is 0.0564. The molecule has 2 heterocycles. The molecule has 0 saturated carbocycles. The van der Waals surface area contributed by atoms with Crippen LogP contribution < -0.4 is 0 Å². The van der Waals surface area contributed by atoms with E-state index in [0.717, 1.165) is 73.4 Å². The van der Waals surface area contributed by atoms with Crippen molar-refractivity contribution in [1.82, 2.24) is 19.9 Å². The van der Waals surface area contributed by atoms with E-state index < -0.39 is 0 Å². The normalized spacial score (nSPS) is 12.7. The molecule has 4 heteroatoms. The van der Waals surface area contributed by atoms with E-state index >= 15 is 0 Å². The summed E-state index contributed by atoms with van der Waals surface area (Å²) >= 11 is 0. The molecule has 14 aromatic rings. The molecule has 0 saturated heterocycles. The molecule has 446 valence electrons. The fraction of sp³-hybridized carbons (Fsp3) is 0.218. The number of hydrogen-bond donors (Lipinski definition) is 0. The van der Waals surface area contributed by atoms with E-state index in [2.05, 4.69) is 258 Å². The summed E-state index contributed by atoms with van der Waals surface area (Å²) < 4.78 is 0. The van der Waals surface area contributed by atoms with Crippen LogP contribution in [0.2, 0.25) is 0 Å². The van der Waals surface area contributed by atoms with Crippen molar-refractivity contribution < 1.29 is 0 Å². The van der Waals surface area contributed by atoms with Crippen molar-refractivity contribution >= 4 is 64.6 Å². The van der Waals surface area contributed by atoms with Gasteiger partial charge in [-0.05, 0) is 155 Å². The van der Waals surface area contributed by atoms with E-state index in [-0.39, 0.29) is 5.41 Å². The Balaban J connectivity index is 0.794. The Kier molecular flexibility index (Phi) is 15.9. The van der Waals surface area contributed by atoms with E-state index in [4.69, 9.17) is 19.9 Å². The lowest BCUT2D eigenvalue weighted by Crippen LogP contribution is -2.25. The second-order valence-electron chi connectivity index (χ2n) is 26.0. The van der Waals surface area contributed by atoms with Crippen LogP contribution in [0.4, 0.5) is 0 Å². The van der Waals surface area contributed by atoms with Crippen molar-refractivity contribution in [3.8, 4) is 78.8 Å². The molecule has 0 spiro atoms. The zero-order valence-corrected chi connectivity index (χ0v) is 53.1. The van der Waals surface area contributed by atoms with Crippen LogP contribution in [0.15, 0.2) is 231 Å². The standard InChI is InChI=1S/C87H78N4/c1-5-7-9-11-13-23-49-87(50-24-14-12-10-8-6-2)80-51-57(3)33-45-76(80)77-48-42-63(55-81(77)87)84-56-83(90-86(91-84)65-44-47-75-71-30-18-16-26-67(71)69-28-20-22-32-73(69)79(75)54-65)62-40-36-60(37-41-62)59-34-38-61(39-35-59)82-52-58(4)88-85(89-82)64-43-46-74-70-29-17-15-25-66(70)68-27-19-21-31-72(68)78(74)53-64/h15-22,25-48,51-56H,5-14,23-24,49-50H2,1-4H3. The van der Waals surface area contributed by atoms with E-state index in [1.165, 1.54) is 182 Å². The van der Waals surface area contributed by atoms with E-state index in [0.29, 0.717) is 0 Å². The fourth-order valence-electron chi connectivity index (χ4n) is 15.3. The number of fused-ring (bicyclic) bond motifs is 15. The molecule has 91 heavy (non-hydrogen) atoms. The molecule has 0 fully saturated rings. The highest BCUT2D eigenvalue weighted by atomic mass is 14.9. The number of aryl methyl sites for hydroxylation is 2. The molecular formula is C87H78N4. The minimum atomic E-state index is -0.0574. The average molecular weight is 1180 g/mol. The summed E-state index contributed by atoms with van der Waals surface area (Å²) in [7, 11) is 0. The molecule has 12 aromatic carbocycles. The third-order valence-electron chi connectivity index (χ3n) is 20.0. The molecule has 0 bridgehead atoms. The van der Waals surface area contributed by atoms with Gasteiger partial charge in [-0.3, -0.25) is 0 Å². The van der Waals surface area contributed by atoms with Gasteiger partial charge in [0.05, 0.1) is 17.1 Å². The smallest absolute Gasteiger partial charge is 0.160 e. The van der Waals surface area contributed by atoms with Crippen LogP contribution in [0.25, 0.3) is 143 Å². The molecule has 0 radical (unpaired) electrons. The minimum absolute atomic E-state index is 0.0574. The lowest BCUT2D eigenvalue weighted by molar-refractivity contribution is 0.398. The SMILES string of the molecule is CCCCCCCCC1(CCCCCCCC)c2cc(C)ccc2-c2ccc(-c3cc(-c4ccc(-c5ccc(-c6cc(C)nc(-c7ccc8c9ccccc9c9ccccc9c8c7)n6)cc5)cc4)nc(-c4ccc5c6ccccc6c6ccccc6c5c4)n3)cc21. The summed E-state index contributed by atoms with van der Waals surface area (Å²) in [5.41, 5.74) is 18.3. The molecule has 4 nitrogen and oxygen atoms in total. The number of nitrogens with zero attached hydrogens (tertiary/aromatic N) is 4. The lowest BCUT2D eigenvalue weighted by atomic mass is 9.70. The number of hydrogen-bond acceptors (Lipinski definition) is 4. The second-order valence-corrected chi connectivity index (χ2v) is 26.0. The number of rotatable bonds is 20. The van der Waals surface area contributed by atoms with Gasteiger partial charge in [-0.2, -0.15) is 0 Å². The van der Waals surface area contributed by atoms with Gasteiger partial charge < -0.3 is 0 Å². The van der Waals surface area contributed by atoms with Crippen molar-refractivity contribution in [2.24, 2.45) is 0 Å². The molecule has 2 aromatic heterocycles. The van der Waals surface area contributed by atoms with Crippen LogP contribution in [-0.4, -0.2) is 19.9 Å². The van der Waals surface area contributed by atoms with Gasteiger partial charge in [-0.15, -0.1) is 0 Å². The zero-order chi connectivity index (χ0) is 61.4. The summed E-state index contributed by atoms with van der Waals surface area (Å²) in [5, 5.41) is 14.9. The van der Waals surface area contributed by atoms with Gasteiger partial charge in [0, 0.05) is 38.9 Å². The Labute approximate surface area is 536 Å². The minimum Gasteiger partial charge on any atom is -0.233 e. The van der Waals surface area contributed by atoms with Crippen LogP contribution in [0.3, 0.4) is 0 Å². The van der Waals surface area contributed by atoms with Crippen LogP contribution in [0, 0.1) is 13.8 Å². The highest BCUT2D eigenvalue weighted by Gasteiger charge is 2.42. The van der Waals surface area contributed by atoms with Crippen molar-refractivity contribution in [1.29, 1.82) is 0 Å². The van der Waals surface area contributed by atoms with Gasteiger partial charge in [-0.1, -0.05) is 297 Å². The molecule has 0 unspecified atom stereocenters. The summed E-state index contributed by atoms with van der Waals surface area (Å²) in [4.78, 5) is 21.4. The summed E-state index contributed by atoms with van der Waals surface area (Å²) in [6.45, 7) is 8.99. The van der Waals surface area contributed by atoms with Crippen LogP contribution in [0.1, 0.15) is 126 Å². The fourth-order valence-corrected chi connectivity index (χ4v) is 15.3. The highest BCUT2D eigenvalue weighted by molar-refractivity contribution is 6.27. The Bertz CT molecular complexity index is 4970. The van der Waals surface area contributed by atoms with Crippen molar-refractivity contribution in [2.75, 3.05) is 0 Å². The highest BCUT2D eigenvalue weighted by Crippen LogP contribution is 2.55. The molecule has 0 atom stereocenters. The van der Waals surface area contributed by atoms with E-state index in [9.17, 15) is 0 Å². The maximum Gasteiger partial charge on any atom is 0.160 e. The molecule has 1 aliphatic carbocycles. The predicted molar refractivity (Wildman–Crippen MR) is 387 cm³/mol. The molecule has 0 amide bonds. The Morgan fingerprint density at radius 2 is 0.604 bits per heavy atom. The molecule has 15 rings (SSSR count). The molecule has 0 N–H and O–H groups in total. The van der Waals surface area contributed by atoms with Gasteiger partial charge >= 0.3 is 0 Å². The van der Waals surface area contributed by atoms with Gasteiger partial charge in [0.2, 0.25) is 0 Å². The first kappa shape index (κ1) is 57.8. The molecule has 1 aliphatic rings. The monoisotopic (exact) mass is 1180 g/mol. The first-order valence-corrected chi connectivity index (χ1v) is 33.7. The van der Waals surface area contributed by atoms with Crippen LogP contribution in [0.5, 0.6) is 0 Å². The third kappa shape index (κ3) is 10.9. The van der Waals surface area contributed by atoms with Crippen molar-refractivity contribution in [3.63, 3.8) is 0 Å². The van der Waals surface area contributed by atoms with Gasteiger partial charge in [0.1, 0.15) is 0 Å². The molecular weight excluding hydrogens is 1100 g/mol. The lowest BCUT2D eigenvalue weighted by Gasteiger charge is -2.33. The maximum absolute atomic E-state index is 5.63. The number of benzene rings is 12. The summed E-state index contributed by atoms with van der Waals surface area (Å²) in [5.74, 6) is 1.45. The number of aromatic nitrogens is 4. The first-order chi connectivity index (χ1) is 44.8. The Hall–Kier alpha value is -9.64. The zero-order valence-electron chi connectivity index (χ0n) is 53.1. The Morgan fingerprint density at radius 1 is 0.264 bits per heavy atom. The van der Waals surface area contributed by atoms with Gasteiger partial charge in [-0.25, -0.2) is 19.9 Å². The largest absolute Gasteiger partial charge is 0.233 e. The average Bonchev–Trinajstić information content (AvgIpc) is 1.68. The Morgan fingerprint density at radius 3 is 1.07 bits per heavy atom. The van der Waals surface area contributed by atoms with Crippen LogP contribution >= 0.6 is 0 Å². The van der Waals surface area contributed by atoms with Gasteiger partial charge in [0.25, 0.3) is 0 Å².